The Kier molecular flexibility index (Phi) is 3.33. The standard InChI is InChI=1S/C7H5BrCl3NO/c1-3-4(8)2-5(12-3)6(13)7(9,10)11/h2,12H,1H3. The van der Waals surface area contributed by atoms with E-state index in [0.29, 0.717) is 0 Å². The molecule has 1 aromatic heterocycles. The molecular weight excluding hydrogens is 300 g/mol. The summed E-state index contributed by atoms with van der Waals surface area (Å²) in [5.74, 6) is -0.564. The second-order valence-electron chi connectivity index (χ2n) is 2.48. The van der Waals surface area contributed by atoms with Gasteiger partial charge >= 0.3 is 0 Å². The summed E-state index contributed by atoms with van der Waals surface area (Å²) in [6, 6.07) is 1.58. The number of ketones is 1. The predicted octanol–water partition coefficient (Wildman–Crippen LogP) is 3.64. The van der Waals surface area contributed by atoms with Crippen LogP contribution in [0.5, 0.6) is 0 Å². The third kappa shape index (κ3) is 2.62. The molecule has 72 valence electrons. The van der Waals surface area contributed by atoms with E-state index in [9.17, 15) is 4.79 Å². The lowest BCUT2D eigenvalue weighted by Gasteiger charge is -2.06. The van der Waals surface area contributed by atoms with Crippen LogP contribution in [0.2, 0.25) is 0 Å². The minimum atomic E-state index is -1.91. The molecule has 0 fully saturated rings. The van der Waals surface area contributed by atoms with E-state index < -0.39 is 9.58 Å². The molecule has 0 spiro atoms. The van der Waals surface area contributed by atoms with Crippen LogP contribution in [-0.4, -0.2) is 14.6 Å². The van der Waals surface area contributed by atoms with E-state index in [1.165, 1.54) is 0 Å². The monoisotopic (exact) mass is 303 g/mol. The molecule has 0 atom stereocenters. The van der Waals surface area contributed by atoms with Crippen molar-refractivity contribution in [2.45, 2.75) is 10.7 Å². The summed E-state index contributed by atoms with van der Waals surface area (Å²) < 4.78 is -1.12. The first-order valence-corrected chi connectivity index (χ1v) is 5.21. The van der Waals surface area contributed by atoms with Crippen molar-refractivity contribution in [2.75, 3.05) is 0 Å². The van der Waals surface area contributed by atoms with Crippen molar-refractivity contribution in [3.8, 4) is 0 Å². The van der Waals surface area contributed by atoms with Crippen LogP contribution in [0.3, 0.4) is 0 Å². The minimum Gasteiger partial charge on any atom is -0.355 e. The van der Waals surface area contributed by atoms with Gasteiger partial charge in [-0.2, -0.15) is 0 Å². The molecule has 0 amide bonds. The molecule has 0 saturated heterocycles. The minimum absolute atomic E-state index is 0.282. The maximum Gasteiger partial charge on any atom is 0.254 e. The second-order valence-corrected chi connectivity index (χ2v) is 5.62. The van der Waals surface area contributed by atoms with E-state index in [1.807, 2.05) is 0 Å². The number of hydrogen-bond donors (Lipinski definition) is 1. The summed E-state index contributed by atoms with van der Waals surface area (Å²) in [6.07, 6.45) is 0. The van der Waals surface area contributed by atoms with Gasteiger partial charge < -0.3 is 4.98 Å². The van der Waals surface area contributed by atoms with E-state index in [1.54, 1.807) is 13.0 Å². The number of carbonyl (C=O) groups is 1. The number of aromatic amines is 1. The zero-order valence-electron chi connectivity index (χ0n) is 6.50. The van der Waals surface area contributed by atoms with E-state index in [4.69, 9.17) is 34.8 Å². The molecule has 6 heteroatoms. The van der Waals surface area contributed by atoms with Crippen LogP contribution in [0.15, 0.2) is 10.5 Å². The van der Waals surface area contributed by atoms with Gasteiger partial charge in [0, 0.05) is 10.2 Å². The molecule has 1 heterocycles. The number of aryl methyl sites for hydroxylation is 1. The maximum absolute atomic E-state index is 11.4. The van der Waals surface area contributed by atoms with Gasteiger partial charge in [-0.15, -0.1) is 0 Å². The van der Waals surface area contributed by atoms with Crippen molar-refractivity contribution in [2.24, 2.45) is 0 Å². The Morgan fingerprint density at radius 2 is 2.08 bits per heavy atom. The molecule has 0 saturated carbocycles. The lowest BCUT2D eigenvalue weighted by atomic mass is 10.3. The second kappa shape index (κ2) is 3.81. The Labute approximate surface area is 98.7 Å². The smallest absolute Gasteiger partial charge is 0.254 e. The molecule has 0 aromatic carbocycles. The highest BCUT2D eigenvalue weighted by Crippen LogP contribution is 2.31. The number of Topliss-reactive ketones (excluding diaryl/α,β-unsaturated/α-hetero) is 1. The Morgan fingerprint density at radius 1 is 1.54 bits per heavy atom. The van der Waals surface area contributed by atoms with Gasteiger partial charge in [0.2, 0.25) is 5.78 Å². The number of hydrogen-bond acceptors (Lipinski definition) is 1. The highest BCUT2D eigenvalue weighted by molar-refractivity contribution is 9.10. The summed E-state index contributed by atoms with van der Waals surface area (Å²) >= 11 is 19.5. The lowest BCUT2D eigenvalue weighted by molar-refractivity contribution is 0.0992. The molecule has 0 aliphatic rings. The van der Waals surface area contributed by atoms with E-state index in [0.717, 1.165) is 10.2 Å². The molecule has 1 aromatic rings. The summed E-state index contributed by atoms with van der Waals surface area (Å²) in [6.45, 7) is 1.80. The average Bonchev–Trinajstić information content (AvgIpc) is 2.29. The van der Waals surface area contributed by atoms with Crippen molar-refractivity contribution in [1.82, 2.24) is 4.98 Å². The van der Waals surface area contributed by atoms with Gasteiger partial charge in [-0.1, -0.05) is 34.8 Å². The van der Waals surface area contributed by atoms with E-state index in [-0.39, 0.29) is 5.69 Å². The molecule has 2 nitrogen and oxygen atoms in total. The van der Waals surface area contributed by atoms with Gasteiger partial charge in [-0.05, 0) is 28.9 Å². The Morgan fingerprint density at radius 3 is 2.38 bits per heavy atom. The zero-order chi connectivity index (χ0) is 10.2. The molecule has 13 heavy (non-hydrogen) atoms. The summed E-state index contributed by atoms with van der Waals surface area (Å²) in [7, 11) is 0. The van der Waals surface area contributed by atoms with Crippen molar-refractivity contribution < 1.29 is 4.79 Å². The fraction of sp³-hybridized carbons (Fsp3) is 0.286. The van der Waals surface area contributed by atoms with Gasteiger partial charge in [0.05, 0.1) is 5.69 Å². The Bertz CT molecular complexity index is 322. The third-order valence-electron chi connectivity index (χ3n) is 1.45. The predicted molar refractivity (Wildman–Crippen MR) is 57.9 cm³/mol. The summed E-state index contributed by atoms with van der Waals surface area (Å²) in [4.78, 5) is 14.2. The number of H-pyrrole nitrogens is 1. The lowest BCUT2D eigenvalue weighted by Crippen LogP contribution is -2.19. The van der Waals surface area contributed by atoms with Crippen LogP contribution in [0.4, 0.5) is 0 Å². The topological polar surface area (TPSA) is 32.9 Å². The van der Waals surface area contributed by atoms with Crippen LogP contribution < -0.4 is 0 Å². The van der Waals surface area contributed by atoms with Crippen molar-refractivity contribution in [3.63, 3.8) is 0 Å². The third-order valence-corrected chi connectivity index (χ3v) is 2.79. The average molecular weight is 305 g/mol. The van der Waals surface area contributed by atoms with E-state index in [2.05, 4.69) is 20.9 Å². The van der Waals surface area contributed by atoms with Crippen LogP contribution in [0.25, 0.3) is 0 Å². The van der Waals surface area contributed by atoms with Crippen LogP contribution >= 0.6 is 50.7 Å². The van der Waals surface area contributed by atoms with E-state index >= 15 is 0 Å². The van der Waals surface area contributed by atoms with Crippen molar-refractivity contribution >= 4 is 56.5 Å². The summed E-state index contributed by atoms with van der Waals surface area (Å²) in [5, 5.41) is 0. The highest BCUT2D eigenvalue weighted by Gasteiger charge is 2.32. The SMILES string of the molecule is Cc1[nH]c(C(=O)C(Cl)(Cl)Cl)cc1Br. The maximum atomic E-state index is 11.4. The molecule has 0 unspecified atom stereocenters. The normalized spacial score (nSPS) is 11.8. The quantitative estimate of drug-likeness (QED) is 0.623. The number of carbonyl (C=O) groups excluding carboxylic acids is 1. The molecule has 1 N–H and O–H groups in total. The largest absolute Gasteiger partial charge is 0.355 e. The number of nitrogens with one attached hydrogen (secondary N) is 1. The molecule has 1 rings (SSSR count). The molecule has 0 aliphatic carbocycles. The van der Waals surface area contributed by atoms with Gasteiger partial charge in [0.15, 0.2) is 0 Å². The number of halogens is 4. The molecule has 0 bridgehead atoms. The molecular formula is C7H5BrCl3NO. The fourth-order valence-corrected chi connectivity index (χ4v) is 1.44. The van der Waals surface area contributed by atoms with Crippen LogP contribution in [0.1, 0.15) is 16.2 Å². The number of aromatic nitrogens is 1. The van der Waals surface area contributed by atoms with Crippen molar-refractivity contribution in [3.05, 3.63) is 21.9 Å². The number of rotatable bonds is 1. The Hall–Kier alpha value is 0.300. The number of alkyl halides is 3. The highest BCUT2D eigenvalue weighted by atomic mass is 79.9. The first kappa shape index (κ1) is 11.4. The van der Waals surface area contributed by atoms with Gasteiger partial charge in [0.25, 0.3) is 3.79 Å². The van der Waals surface area contributed by atoms with Crippen LogP contribution in [0, 0.1) is 6.92 Å². The summed E-state index contributed by atoms with van der Waals surface area (Å²) in [5.41, 5.74) is 1.10. The fourth-order valence-electron chi connectivity index (χ4n) is 0.808. The Balaban J connectivity index is 3.03. The zero-order valence-corrected chi connectivity index (χ0v) is 10.4. The van der Waals surface area contributed by atoms with Crippen LogP contribution in [-0.2, 0) is 0 Å². The molecule has 0 aliphatic heterocycles. The first-order valence-electron chi connectivity index (χ1n) is 3.29. The van der Waals surface area contributed by atoms with Crippen molar-refractivity contribution in [1.29, 1.82) is 0 Å². The first-order chi connectivity index (χ1) is 5.82. The van der Waals surface area contributed by atoms with Gasteiger partial charge in [-0.25, -0.2) is 0 Å². The molecule has 0 radical (unpaired) electrons. The van der Waals surface area contributed by atoms with Gasteiger partial charge in [-0.3, -0.25) is 4.79 Å². The van der Waals surface area contributed by atoms with Gasteiger partial charge in [0.1, 0.15) is 0 Å².